The van der Waals surface area contributed by atoms with Gasteiger partial charge >= 0.3 is 6.09 Å². The molecule has 2 saturated carbocycles. The van der Waals surface area contributed by atoms with Crippen LogP contribution >= 0.6 is 0 Å². The van der Waals surface area contributed by atoms with Gasteiger partial charge in [0.1, 0.15) is 35.3 Å². The second-order valence-electron chi connectivity index (χ2n) is 14.9. The molecule has 1 aromatic carbocycles. The van der Waals surface area contributed by atoms with Gasteiger partial charge in [-0.15, -0.1) is 0 Å². The number of hydrogen-bond acceptors (Lipinski definition) is 9. The van der Waals surface area contributed by atoms with Gasteiger partial charge in [-0.2, -0.15) is 0 Å². The van der Waals surface area contributed by atoms with E-state index < -0.39 is 80.0 Å². The van der Waals surface area contributed by atoms with Gasteiger partial charge in [-0.05, 0) is 75.5 Å². The summed E-state index contributed by atoms with van der Waals surface area (Å²) >= 11 is 0. The summed E-state index contributed by atoms with van der Waals surface area (Å²) in [5, 5.41) is 15.9. The summed E-state index contributed by atoms with van der Waals surface area (Å²) in [5.41, 5.74) is -1.58. The molecule has 52 heavy (non-hydrogen) atoms. The van der Waals surface area contributed by atoms with Crippen LogP contribution in [0.5, 0.6) is 11.6 Å². The molecule has 16 heteroatoms. The number of hydrogen-bond donors (Lipinski definition) is 4. The highest BCUT2D eigenvalue weighted by Gasteiger charge is 2.63. The molecule has 2 aliphatic heterocycles. The predicted molar refractivity (Wildman–Crippen MR) is 187 cm³/mol. The Morgan fingerprint density at radius 1 is 1.19 bits per heavy atom. The summed E-state index contributed by atoms with van der Waals surface area (Å²) in [6, 6.07) is 1.61. The van der Waals surface area contributed by atoms with Crippen LogP contribution in [0.1, 0.15) is 72.1 Å². The van der Waals surface area contributed by atoms with Gasteiger partial charge in [-0.25, -0.2) is 22.6 Å². The third kappa shape index (κ3) is 7.26. The highest BCUT2D eigenvalue weighted by Crippen LogP contribution is 2.47. The van der Waals surface area contributed by atoms with Crippen molar-refractivity contribution in [1.29, 1.82) is 0 Å². The van der Waals surface area contributed by atoms with Crippen molar-refractivity contribution in [3.05, 3.63) is 42.4 Å². The Balaban J connectivity index is 1.36. The van der Waals surface area contributed by atoms with Crippen LogP contribution in [0.2, 0.25) is 0 Å². The van der Waals surface area contributed by atoms with Crippen LogP contribution in [-0.4, -0.2) is 89.4 Å². The zero-order chi connectivity index (χ0) is 37.6. The van der Waals surface area contributed by atoms with Gasteiger partial charge in [0.05, 0.1) is 30.0 Å². The van der Waals surface area contributed by atoms with Crippen LogP contribution in [0.25, 0.3) is 10.8 Å². The number of nitrogens with one attached hydrogen (secondary N) is 3. The van der Waals surface area contributed by atoms with E-state index in [1.54, 1.807) is 6.92 Å². The molecule has 3 heterocycles. The maximum Gasteiger partial charge on any atom is 0.405 e. The lowest BCUT2D eigenvalue weighted by Gasteiger charge is -2.33. The molecule has 6 rings (SSSR count). The molecule has 0 radical (unpaired) electrons. The maximum atomic E-state index is 14.5. The lowest BCUT2D eigenvalue weighted by Crippen LogP contribution is -2.59. The Bertz CT molecular complexity index is 1900. The molecule has 1 saturated heterocycles. The summed E-state index contributed by atoms with van der Waals surface area (Å²) < 4.78 is 53.4. The van der Waals surface area contributed by atoms with Gasteiger partial charge in [0.25, 0.3) is 5.91 Å². The fraction of sp³-hybridized carbons (Fsp3) is 0.583. The Morgan fingerprint density at radius 3 is 2.62 bits per heavy atom. The van der Waals surface area contributed by atoms with Crippen LogP contribution in [-0.2, 0) is 24.4 Å². The van der Waals surface area contributed by atoms with Crippen molar-refractivity contribution in [2.24, 2.45) is 17.8 Å². The molecule has 7 atom stereocenters. The zero-order valence-corrected chi connectivity index (χ0v) is 30.5. The lowest BCUT2D eigenvalue weighted by molar-refractivity contribution is -0.142. The lowest BCUT2D eigenvalue weighted by atomic mass is 9.85. The molecule has 4 N–H and O–H groups in total. The number of ether oxygens (including phenoxy) is 2. The molecule has 14 nitrogen and oxygen atoms in total. The van der Waals surface area contributed by atoms with E-state index in [9.17, 15) is 37.1 Å². The largest absolute Gasteiger partial charge is 0.494 e. The number of carbonyl (C=O) groups excluding carboxylic acids is 3. The van der Waals surface area contributed by atoms with Gasteiger partial charge in [-0.1, -0.05) is 32.4 Å². The quantitative estimate of drug-likeness (QED) is 0.290. The molecule has 3 fully saturated rings. The highest BCUT2D eigenvalue weighted by molar-refractivity contribution is 7.91. The number of carboxylic acid groups (broad SMARTS) is 1. The predicted octanol–water partition coefficient (Wildman–Crippen LogP) is 3.64. The number of amides is 4. The van der Waals surface area contributed by atoms with E-state index in [0.717, 1.165) is 6.42 Å². The third-order valence-electron chi connectivity index (χ3n) is 11.2. The molecule has 4 aliphatic rings. The minimum atomic E-state index is -4.03. The topological polar surface area (TPSA) is 193 Å². The fourth-order valence-corrected chi connectivity index (χ4v) is 8.84. The first-order valence-corrected chi connectivity index (χ1v) is 19.2. The average molecular weight is 744 g/mol. The maximum absolute atomic E-state index is 14.5. The number of carbonyl (C=O) groups is 4. The summed E-state index contributed by atoms with van der Waals surface area (Å²) in [6.07, 6.45) is 6.16. The Labute approximate surface area is 301 Å². The van der Waals surface area contributed by atoms with Crippen molar-refractivity contribution in [1.82, 2.24) is 25.2 Å². The molecule has 282 valence electrons. The fourth-order valence-electron chi connectivity index (χ4n) is 7.53. The van der Waals surface area contributed by atoms with E-state index in [1.807, 2.05) is 26.0 Å². The number of aromatic nitrogens is 1. The van der Waals surface area contributed by atoms with Crippen LogP contribution < -0.4 is 24.8 Å². The van der Waals surface area contributed by atoms with Crippen molar-refractivity contribution in [3.8, 4) is 11.6 Å². The third-order valence-corrected chi connectivity index (χ3v) is 13.3. The Hall–Kier alpha value is -4.47. The van der Waals surface area contributed by atoms with Gasteiger partial charge in [0.15, 0.2) is 0 Å². The molecule has 2 aromatic rings. The van der Waals surface area contributed by atoms with Crippen molar-refractivity contribution >= 4 is 44.6 Å². The monoisotopic (exact) mass is 743 g/mol. The molecule has 1 aromatic heterocycles. The van der Waals surface area contributed by atoms with Crippen molar-refractivity contribution in [2.45, 2.75) is 101 Å². The summed E-state index contributed by atoms with van der Waals surface area (Å²) in [6.45, 7) is 5.31. The summed E-state index contributed by atoms with van der Waals surface area (Å²) in [4.78, 5) is 60.3. The molecule has 4 amide bonds. The number of pyridine rings is 1. The molecule has 0 unspecified atom stereocenters. The van der Waals surface area contributed by atoms with Crippen LogP contribution in [0.3, 0.4) is 0 Å². The van der Waals surface area contributed by atoms with Crippen LogP contribution in [0.4, 0.5) is 9.18 Å². The number of methoxy groups -OCH3 is 1. The number of benzene rings is 1. The standard InChI is InChI=1S/C36H46FN5O9S/c1-5-21-14-20(2)8-6-7-9-22-17-36(22,33(45)41-52(48,49)35(3)12-13-35)40-30(43)27-16-24(19-42(27)32(44)29(21)39-34(46)47)51-31-26-15-23(37)10-11-25(26)28(50-4)18-38-31/h7,9-11,15,18,20-22,24,27,29,39H,5-6,8,12-14,16-17,19H2,1-4H3,(H,40,43)(H,41,45)(H,46,47)/t20-,21+,22+,24+,27-,29-,36+/m0/s1. The zero-order valence-electron chi connectivity index (χ0n) is 29.7. The first-order valence-electron chi connectivity index (χ1n) is 17.8. The van der Waals surface area contributed by atoms with Gasteiger partial charge in [0, 0.05) is 17.7 Å². The van der Waals surface area contributed by atoms with Gasteiger partial charge < -0.3 is 30.1 Å². The minimum absolute atomic E-state index is 0.0402. The highest BCUT2D eigenvalue weighted by atomic mass is 32.2. The van der Waals surface area contributed by atoms with E-state index >= 15 is 0 Å². The van der Waals surface area contributed by atoms with E-state index in [2.05, 4.69) is 20.3 Å². The number of allylic oxidation sites excluding steroid dienone is 1. The van der Waals surface area contributed by atoms with Gasteiger partial charge in [-0.3, -0.25) is 19.1 Å². The number of rotatable bonds is 8. The molecular weight excluding hydrogens is 697 g/mol. The molecule has 2 aliphatic carbocycles. The minimum Gasteiger partial charge on any atom is -0.494 e. The summed E-state index contributed by atoms with van der Waals surface area (Å²) in [7, 11) is -2.57. The molecule has 0 bridgehead atoms. The summed E-state index contributed by atoms with van der Waals surface area (Å²) in [5.74, 6) is -3.11. The smallest absolute Gasteiger partial charge is 0.405 e. The Kier molecular flexibility index (Phi) is 10.2. The Morgan fingerprint density at radius 2 is 1.94 bits per heavy atom. The first kappa shape index (κ1) is 37.3. The number of nitrogens with zero attached hydrogens (tertiary/aromatic N) is 2. The van der Waals surface area contributed by atoms with Crippen LogP contribution in [0.15, 0.2) is 36.5 Å². The van der Waals surface area contributed by atoms with Crippen molar-refractivity contribution < 1.29 is 46.6 Å². The molecular formula is C36H46FN5O9S. The van der Waals surface area contributed by atoms with E-state index in [4.69, 9.17) is 9.47 Å². The average Bonchev–Trinajstić information content (AvgIpc) is 3.97. The number of sulfonamides is 1. The van der Waals surface area contributed by atoms with E-state index in [0.29, 0.717) is 48.6 Å². The second-order valence-corrected chi connectivity index (χ2v) is 17.1. The first-order chi connectivity index (χ1) is 24.6. The number of fused-ring (bicyclic) bond motifs is 3. The normalized spacial score (nSPS) is 30.2. The van der Waals surface area contributed by atoms with E-state index in [-0.39, 0.29) is 31.2 Å². The van der Waals surface area contributed by atoms with Crippen molar-refractivity contribution in [3.63, 3.8) is 0 Å². The van der Waals surface area contributed by atoms with Gasteiger partial charge in [0.2, 0.25) is 27.7 Å². The number of halogens is 1. The van der Waals surface area contributed by atoms with Crippen LogP contribution in [0, 0.1) is 23.6 Å². The SMILES string of the molecule is CC[C@@H]1C[C@@H](C)CCC=C[C@@H]2C[C@@]2(C(=O)NS(=O)(=O)C2(C)CC2)NC(=O)[C@@H]2C[C@@H](Oc3ncc(OC)c4ccc(F)cc34)CN2C(=O)[C@H]1NC(=O)O. The second kappa shape index (κ2) is 14.2. The van der Waals surface area contributed by atoms with Crippen molar-refractivity contribution in [2.75, 3.05) is 13.7 Å². The molecule has 0 spiro atoms. The van der Waals surface area contributed by atoms with E-state index in [1.165, 1.54) is 36.4 Å².